The van der Waals surface area contributed by atoms with Crippen LogP contribution in [0.3, 0.4) is 0 Å². The highest BCUT2D eigenvalue weighted by atomic mass is 19.1. The second-order valence-electron chi connectivity index (χ2n) is 5.22. The molecule has 0 radical (unpaired) electrons. The molecule has 7 heteroatoms. The van der Waals surface area contributed by atoms with Crippen LogP contribution in [0.1, 0.15) is 31.6 Å². The third kappa shape index (κ3) is 5.78. The van der Waals surface area contributed by atoms with Crippen molar-refractivity contribution in [2.45, 2.75) is 32.1 Å². The van der Waals surface area contributed by atoms with E-state index in [1.54, 1.807) is 12.1 Å². The van der Waals surface area contributed by atoms with Gasteiger partial charge >= 0.3 is 0 Å². The van der Waals surface area contributed by atoms with Crippen molar-refractivity contribution < 1.29 is 13.7 Å². The lowest BCUT2D eigenvalue weighted by Crippen LogP contribution is -2.24. The molecule has 1 amide bonds. The Kier molecular flexibility index (Phi) is 6.68. The molecule has 0 atom stereocenters. The van der Waals surface area contributed by atoms with E-state index in [1.165, 1.54) is 12.1 Å². The van der Waals surface area contributed by atoms with E-state index in [0.717, 1.165) is 12.8 Å². The number of amides is 1. The van der Waals surface area contributed by atoms with E-state index >= 15 is 0 Å². The van der Waals surface area contributed by atoms with Crippen LogP contribution in [0, 0.1) is 5.82 Å². The van der Waals surface area contributed by atoms with Crippen LogP contribution in [0.25, 0.3) is 11.4 Å². The molecule has 6 nitrogen and oxygen atoms in total. The van der Waals surface area contributed by atoms with Crippen molar-refractivity contribution in [2.75, 3.05) is 13.1 Å². The Morgan fingerprint density at radius 2 is 2.00 bits per heavy atom. The Morgan fingerprint density at radius 1 is 1.22 bits per heavy atom. The lowest BCUT2D eigenvalue weighted by Gasteiger charge is -2.03. The van der Waals surface area contributed by atoms with Gasteiger partial charge in [-0.1, -0.05) is 5.16 Å². The van der Waals surface area contributed by atoms with Crippen LogP contribution in [0.5, 0.6) is 0 Å². The second kappa shape index (κ2) is 8.99. The Bertz CT molecular complexity index is 613. The molecule has 3 N–H and O–H groups in total. The van der Waals surface area contributed by atoms with Crippen molar-refractivity contribution in [1.29, 1.82) is 0 Å². The van der Waals surface area contributed by atoms with Gasteiger partial charge in [0.05, 0.1) is 0 Å². The van der Waals surface area contributed by atoms with Crippen molar-refractivity contribution in [3.8, 4) is 11.4 Å². The Hall–Kier alpha value is -2.28. The molecule has 0 aliphatic carbocycles. The van der Waals surface area contributed by atoms with Crippen molar-refractivity contribution in [1.82, 2.24) is 15.5 Å². The number of carbonyl (C=O) groups excluding carboxylic acids is 1. The van der Waals surface area contributed by atoms with Crippen LogP contribution in [-0.2, 0) is 11.2 Å². The minimum absolute atomic E-state index is 0.0142. The molecular formula is C16H21FN4O2. The predicted octanol–water partition coefficient (Wildman–Crippen LogP) is 2.05. The van der Waals surface area contributed by atoms with Gasteiger partial charge in [-0.3, -0.25) is 4.79 Å². The van der Waals surface area contributed by atoms with Crippen molar-refractivity contribution in [3.05, 3.63) is 36.0 Å². The average molecular weight is 320 g/mol. The normalized spacial score (nSPS) is 10.7. The lowest BCUT2D eigenvalue weighted by molar-refractivity contribution is -0.121. The predicted molar refractivity (Wildman–Crippen MR) is 83.9 cm³/mol. The number of aromatic nitrogens is 2. The first kappa shape index (κ1) is 17.1. The number of nitrogens with one attached hydrogen (secondary N) is 1. The second-order valence-corrected chi connectivity index (χ2v) is 5.22. The van der Waals surface area contributed by atoms with Gasteiger partial charge in [0.2, 0.25) is 17.6 Å². The Labute approximate surface area is 134 Å². The lowest BCUT2D eigenvalue weighted by atomic mass is 10.2. The highest BCUT2D eigenvalue weighted by Crippen LogP contribution is 2.16. The SMILES string of the molecule is NCCCCNC(=O)CCCc1nc(-c2ccc(F)cc2)no1. The molecule has 0 saturated heterocycles. The zero-order valence-corrected chi connectivity index (χ0v) is 12.9. The van der Waals surface area contributed by atoms with E-state index in [9.17, 15) is 9.18 Å². The number of halogens is 1. The molecule has 0 saturated carbocycles. The van der Waals surface area contributed by atoms with Crippen molar-refractivity contribution in [2.24, 2.45) is 5.73 Å². The number of aryl methyl sites for hydroxylation is 1. The molecule has 0 bridgehead atoms. The van der Waals surface area contributed by atoms with E-state index in [2.05, 4.69) is 15.5 Å². The molecule has 23 heavy (non-hydrogen) atoms. The van der Waals surface area contributed by atoms with Crippen LogP contribution >= 0.6 is 0 Å². The Balaban J connectivity index is 1.72. The summed E-state index contributed by atoms with van der Waals surface area (Å²) >= 11 is 0. The summed E-state index contributed by atoms with van der Waals surface area (Å²) in [6.07, 6.45) is 3.39. The van der Waals surface area contributed by atoms with Gasteiger partial charge in [-0.15, -0.1) is 0 Å². The molecule has 2 rings (SSSR count). The van der Waals surface area contributed by atoms with E-state index in [-0.39, 0.29) is 11.7 Å². The van der Waals surface area contributed by atoms with E-state index in [1.807, 2.05) is 0 Å². The number of rotatable bonds is 9. The van der Waals surface area contributed by atoms with Crippen LogP contribution in [-0.4, -0.2) is 29.1 Å². The summed E-state index contributed by atoms with van der Waals surface area (Å²) in [5, 5.41) is 6.71. The summed E-state index contributed by atoms with van der Waals surface area (Å²) in [6.45, 7) is 1.30. The summed E-state index contributed by atoms with van der Waals surface area (Å²) < 4.78 is 18.0. The van der Waals surface area contributed by atoms with Crippen LogP contribution in [0.2, 0.25) is 0 Å². The van der Waals surface area contributed by atoms with Gasteiger partial charge in [0, 0.05) is 24.9 Å². The quantitative estimate of drug-likeness (QED) is 0.690. The molecule has 124 valence electrons. The van der Waals surface area contributed by atoms with Gasteiger partial charge in [0.1, 0.15) is 5.82 Å². The standard InChI is InChI=1S/C16H21FN4O2/c17-13-8-6-12(7-9-13)16-20-15(23-21-16)5-3-4-14(22)19-11-2-1-10-18/h6-9H,1-5,10-11,18H2,(H,19,22). The van der Waals surface area contributed by atoms with Crippen LogP contribution in [0.4, 0.5) is 4.39 Å². The van der Waals surface area contributed by atoms with E-state index in [0.29, 0.717) is 49.6 Å². The zero-order chi connectivity index (χ0) is 16.5. The summed E-state index contributed by atoms with van der Waals surface area (Å²) in [6, 6.07) is 5.89. The zero-order valence-electron chi connectivity index (χ0n) is 12.9. The topological polar surface area (TPSA) is 94.0 Å². The number of hydrogen-bond donors (Lipinski definition) is 2. The molecule has 0 aliphatic rings. The summed E-state index contributed by atoms with van der Waals surface area (Å²) in [7, 11) is 0. The van der Waals surface area contributed by atoms with Gasteiger partial charge in [0.15, 0.2) is 0 Å². The monoisotopic (exact) mass is 320 g/mol. The molecule has 0 spiro atoms. The molecule has 2 aromatic rings. The minimum atomic E-state index is -0.310. The minimum Gasteiger partial charge on any atom is -0.356 e. The summed E-state index contributed by atoms with van der Waals surface area (Å²) in [4.78, 5) is 15.9. The average Bonchev–Trinajstić information content (AvgIpc) is 3.01. The third-order valence-corrected chi connectivity index (χ3v) is 3.32. The fourth-order valence-electron chi connectivity index (χ4n) is 2.06. The fraction of sp³-hybridized carbons (Fsp3) is 0.438. The highest BCUT2D eigenvalue weighted by molar-refractivity contribution is 5.75. The van der Waals surface area contributed by atoms with E-state index in [4.69, 9.17) is 10.3 Å². The van der Waals surface area contributed by atoms with Crippen molar-refractivity contribution >= 4 is 5.91 Å². The maximum atomic E-state index is 12.9. The number of hydrogen-bond acceptors (Lipinski definition) is 5. The molecule has 1 aromatic heterocycles. The number of nitrogens with zero attached hydrogens (tertiary/aromatic N) is 2. The summed E-state index contributed by atoms with van der Waals surface area (Å²) in [5.41, 5.74) is 6.08. The molecule has 0 unspecified atom stereocenters. The first-order chi connectivity index (χ1) is 11.2. The molecule has 0 fully saturated rings. The van der Waals surface area contributed by atoms with Gasteiger partial charge < -0.3 is 15.6 Å². The largest absolute Gasteiger partial charge is 0.356 e. The molecule has 1 aromatic carbocycles. The fourth-order valence-corrected chi connectivity index (χ4v) is 2.06. The first-order valence-electron chi connectivity index (χ1n) is 7.74. The molecule has 0 aliphatic heterocycles. The highest BCUT2D eigenvalue weighted by Gasteiger charge is 2.09. The third-order valence-electron chi connectivity index (χ3n) is 3.32. The van der Waals surface area contributed by atoms with Crippen LogP contribution < -0.4 is 11.1 Å². The van der Waals surface area contributed by atoms with Crippen molar-refractivity contribution in [3.63, 3.8) is 0 Å². The number of nitrogens with two attached hydrogens (primary N) is 1. The van der Waals surface area contributed by atoms with Gasteiger partial charge in [-0.2, -0.15) is 4.98 Å². The first-order valence-corrected chi connectivity index (χ1v) is 7.74. The summed E-state index contributed by atoms with van der Waals surface area (Å²) in [5.74, 6) is 0.599. The smallest absolute Gasteiger partial charge is 0.226 e. The van der Waals surface area contributed by atoms with Gasteiger partial charge in [-0.25, -0.2) is 4.39 Å². The number of unbranched alkanes of at least 4 members (excludes halogenated alkanes) is 1. The number of carbonyl (C=O) groups is 1. The van der Waals surface area contributed by atoms with Gasteiger partial charge in [-0.05, 0) is 50.1 Å². The molecular weight excluding hydrogens is 299 g/mol. The Morgan fingerprint density at radius 3 is 2.74 bits per heavy atom. The maximum Gasteiger partial charge on any atom is 0.226 e. The number of benzene rings is 1. The maximum absolute atomic E-state index is 12.9. The molecule has 1 heterocycles. The van der Waals surface area contributed by atoms with Gasteiger partial charge in [0.25, 0.3) is 0 Å². The van der Waals surface area contributed by atoms with Crippen LogP contribution in [0.15, 0.2) is 28.8 Å². The van der Waals surface area contributed by atoms with E-state index < -0.39 is 0 Å².